The fraction of sp³-hybridized carbons (Fsp3) is 0.312. The highest BCUT2D eigenvalue weighted by atomic mass is 79.9. The fourth-order valence-electron chi connectivity index (χ4n) is 2.20. The Labute approximate surface area is 147 Å². The average molecular weight is 396 g/mol. The molecule has 1 atom stereocenters. The number of carbonyl (C=O) groups is 2. The van der Waals surface area contributed by atoms with Crippen molar-refractivity contribution in [2.45, 2.75) is 25.9 Å². The number of halogens is 1. The zero-order valence-electron chi connectivity index (χ0n) is 13.3. The molecule has 0 fully saturated rings. The molecule has 1 amide bonds. The lowest BCUT2D eigenvalue weighted by Crippen LogP contribution is -2.33. The molecule has 24 heavy (non-hydrogen) atoms. The van der Waals surface area contributed by atoms with Crippen LogP contribution >= 0.6 is 15.9 Å². The average Bonchev–Trinajstić information content (AvgIpc) is 3.01. The van der Waals surface area contributed by atoms with Gasteiger partial charge in [0.05, 0.1) is 23.3 Å². The third-order valence-corrected chi connectivity index (χ3v) is 4.00. The van der Waals surface area contributed by atoms with E-state index in [1.54, 1.807) is 29.1 Å². The van der Waals surface area contributed by atoms with Gasteiger partial charge in [0.25, 0.3) is 5.91 Å². The number of aromatic nitrogens is 2. The minimum absolute atomic E-state index is 0.322. The number of nitrogens with zero attached hydrogens (tertiary/aromatic N) is 2. The number of amides is 1. The SMILES string of the molecule is CCCn1cc(C(=O)NC(C(=O)O)c2ccc(OC)c(Br)c2)cn1. The quantitative estimate of drug-likeness (QED) is 0.751. The minimum Gasteiger partial charge on any atom is -0.496 e. The van der Waals surface area contributed by atoms with Crippen molar-refractivity contribution in [2.24, 2.45) is 0 Å². The number of ether oxygens (including phenoxy) is 1. The molecule has 1 unspecified atom stereocenters. The lowest BCUT2D eigenvalue weighted by molar-refractivity contribution is -0.139. The standard InChI is InChI=1S/C16H18BrN3O4/c1-3-6-20-9-11(8-18-20)15(21)19-14(16(22)23)10-4-5-13(24-2)12(17)7-10/h4-5,7-9,14H,3,6H2,1-2H3,(H,19,21)(H,22,23). The van der Waals surface area contributed by atoms with E-state index in [2.05, 4.69) is 26.3 Å². The van der Waals surface area contributed by atoms with Crippen LogP contribution in [0.3, 0.4) is 0 Å². The number of hydrogen-bond donors (Lipinski definition) is 2. The highest BCUT2D eigenvalue weighted by Crippen LogP contribution is 2.28. The van der Waals surface area contributed by atoms with Crippen LogP contribution in [-0.4, -0.2) is 33.9 Å². The largest absolute Gasteiger partial charge is 0.496 e. The predicted molar refractivity (Wildman–Crippen MR) is 91.1 cm³/mol. The highest BCUT2D eigenvalue weighted by Gasteiger charge is 2.24. The van der Waals surface area contributed by atoms with E-state index in [4.69, 9.17) is 4.74 Å². The van der Waals surface area contributed by atoms with E-state index in [0.717, 1.165) is 6.42 Å². The first-order valence-electron chi connectivity index (χ1n) is 7.35. The molecular formula is C16H18BrN3O4. The topological polar surface area (TPSA) is 93.5 Å². The number of benzene rings is 1. The molecule has 2 N–H and O–H groups in total. The maximum absolute atomic E-state index is 12.3. The molecule has 0 aliphatic carbocycles. The van der Waals surface area contributed by atoms with Gasteiger partial charge in [-0.25, -0.2) is 4.79 Å². The maximum Gasteiger partial charge on any atom is 0.330 e. The molecule has 0 saturated heterocycles. The van der Waals surface area contributed by atoms with Crippen molar-refractivity contribution in [2.75, 3.05) is 7.11 Å². The summed E-state index contributed by atoms with van der Waals surface area (Å²) in [6.07, 6.45) is 3.91. The minimum atomic E-state index is -1.17. The summed E-state index contributed by atoms with van der Waals surface area (Å²) in [5.41, 5.74) is 0.756. The van der Waals surface area contributed by atoms with Crippen molar-refractivity contribution in [3.63, 3.8) is 0 Å². The van der Waals surface area contributed by atoms with Gasteiger partial charge >= 0.3 is 5.97 Å². The van der Waals surface area contributed by atoms with Gasteiger partial charge in [0, 0.05) is 12.7 Å². The van der Waals surface area contributed by atoms with E-state index in [-0.39, 0.29) is 0 Å². The molecular weight excluding hydrogens is 378 g/mol. The number of aliphatic carboxylic acids is 1. The second-order valence-electron chi connectivity index (χ2n) is 5.13. The van der Waals surface area contributed by atoms with E-state index in [0.29, 0.717) is 27.9 Å². The first kappa shape index (κ1) is 18.0. The number of aryl methyl sites for hydroxylation is 1. The number of methoxy groups -OCH3 is 1. The van der Waals surface area contributed by atoms with Crippen LogP contribution in [0.5, 0.6) is 5.75 Å². The molecule has 0 bridgehead atoms. The third kappa shape index (κ3) is 4.14. The Morgan fingerprint density at radius 1 is 1.46 bits per heavy atom. The van der Waals surface area contributed by atoms with Gasteiger partial charge in [-0.05, 0) is 40.0 Å². The summed E-state index contributed by atoms with van der Waals surface area (Å²) >= 11 is 3.31. The summed E-state index contributed by atoms with van der Waals surface area (Å²) in [7, 11) is 1.52. The second-order valence-corrected chi connectivity index (χ2v) is 5.99. The Bertz CT molecular complexity index is 745. The molecule has 128 valence electrons. The molecule has 0 aliphatic rings. The zero-order chi connectivity index (χ0) is 17.7. The van der Waals surface area contributed by atoms with Crippen LogP contribution in [0.25, 0.3) is 0 Å². The van der Waals surface area contributed by atoms with Crippen molar-refractivity contribution >= 4 is 27.8 Å². The van der Waals surface area contributed by atoms with Crippen molar-refractivity contribution in [1.82, 2.24) is 15.1 Å². The predicted octanol–water partition coefficient (Wildman–Crippen LogP) is 2.62. The molecule has 0 saturated carbocycles. The van der Waals surface area contributed by atoms with Crippen LogP contribution in [0.1, 0.15) is 35.3 Å². The number of rotatable bonds is 7. The smallest absolute Gasteiger partial charge is 0.330 e. The van der Waals surface area contributed by atoms with Gasteiger partial charge in [0.2, 0.25) is 0 Å². The molecule has 0 spiro atoms. The Morgan fingerprint density at radius 3 is 2.79 bits per heavy atom. The first-order chi connectivity index (χ1) is 11.5. The van der Waals surface area contributed by atoms with Crippen LogP contribution in [0, 0.1) is 0 Å². The Morgan fingerprint density at radius 2 is 2.21 bits per heavy atom. The third-order valence-electron chi connectivity index (χ3n) is 3.38. The van der Waals surface area contributed by atoms with Gasteiger partial charge in [0.15, 0.2) is 6.04 Å². The number of nitrogens with one attached hydrogen (secondary N) is 1. The molecule has 2 rings (SSSR count). The lowest BCUT2D eigenvalue weighted by atomic mass is 10.1. The maximum atomic E-state index is 12.3. The van der Waals surface area contributed by atoms with Crippen LogP contribution in [0.15, 0.2) is 35.1 Å². The molecule has 0 radical (unpaired) electrons. The van der Waals surface area contributed by atoms with E-state index >= 15 is 0 Å². The fourth-order valence-corrected chi connectivity index (χ4v) is 2.75. The van der Waals surface area contributed by atoms with Gasteiger partial charge in [-0.3, -0.25) is 9.48 Å². The monoisotopic (exact) mass is 395 g/mol. The first-order valence-corrected chi connectivity index (χ1v) is 8.15. The number of hydrogen-bond acceptors (Lipinski definition) is 4. The summed E-state index contributed by atoms with van der Waals surface area (Å²) in [4.78, 5) is 23.9. The number of carboxylic acids is 1. The van der Waals surface area contributed by atoms with Crippen LogP contribution in [0.4, 0.5) is 0 Å². The van der Waals surface area contributed by atoms with Gasteiger partial charge in [-0.1, -0.05) is 13.0 Å². The summed E-state index contributed by atoms with van der Waals surface area (Å²) < 4.78 is 7.38. The van der Waals surface area contributed by atoms with Gasteiger partial charge in [0.1, 0.15) is 5.75 Å². The van der Waals surface area contributed by atoms with Crippen LogP contribution in [-0.2, 0) is 11.3 Å². The lowest BCUT2D eigenvalue weighted by Gasteiger charge is -2.15. The van der Waals surface area contributed by atoms with E-state index < -0.39 is 17.9 Å². The Balaban J connectivity index is 2.20. The highest BCUT2D eigenvalue weighted by molar-refractivity contribution is 9.10. The summed E-state index contributed by atoms with van der Waals surface area (Å²) in [5, 5.41) is 16.0. The van der Waals surface area contributed by atoms with Gasteiger partial charge in [-0.15, -0.1) is 0 Å². The van der Waals surface area contributed by atoms with Crippen LogP contribution in [0.2, 0.25) is 0 Å². The number of carboxylic acid groups (broad SMARTS) is 1. The van der Waals surface area contributed by atoms with Gasteiger partial charge < -0.3 is 15.2 Å². The zero-order valence-corrected chi connectivity index (χ0v) is 14.9. The number of carbonyl (C=O) groups excluding carboxylic acids is 1. The molecule has 2 aromatic rings. The normalized spacial score (nSPS) is 11.8. The summed E-state index contributed by atoms with van der Waals surface area (Å²) in [6.45, 7) is 2.70. The summed E-state index contributed by atoms with van der Waals surface area (Å²) in [5.74, 6) is -1.06. The Hall–Kier alpha value is -2.35. The van der Waals surface area contributed by atoms with Crippen molar-refractivity contribution < 1.29 is 19.4 Å². The molecule has 8 heteroatoms. The van der Waals surface area contributed by atoms with Crippen LogP contribution < -0.4 is 10.1 Å². The molecule has 1 aromatic heterocycles. The Kier molecular flexibility index (Phi) is 5.97. The molecule has 0 aliphatic heterocycles. The molecule has 7 nitrogen and oxygen atoms in total. The van der Waals surface area contributed by atoms with E-state index in [9.17, 15) is 14.7 Å². The van der Waals surface area contributed by atoms with E-state index in [1.165, 1.54) is 13.3 Å². The van der Waals surface area contributed by atoms with Gasteiger partial charge in [-0.2, -0.15) is 5.10 Å². The second kappa shape index (κ2) is 7.96. The summed E-state index contributed by atoms with van der Waals surface area (Å²) in [6, 6.07) is 3.68. The van der Waals surface area contributed by atoms with Crippen molar-refractivity contribution in [3.05, 3.63) is 46.2 Å². The van der Waals surface area contributed by atoms with Crippen molar-refractivity contribution in [3.8, 4) is 5.75 Å². The van der Waals surface area contributed by atoms with Crippen molar-refractivity contribution in [1.29, 1.82) is 0 Å². The molecule has 1 heterocycles. The van der Waals surface area contributed by atoms with E-state index in [1.807, 2.05) is 6.92 Å². The molecule has 1 aromatic carbocycles.